The number of ketones is 1. The fourth-order valence-corrected chi connectivity index (χ4v) is 3.68. The summed E-state index contributed by atoms with van der Waals surface area (Å²) in [6.07, 6.45) is 6.78. The van der Waals surface area contributed by atoms with E-state index in [4.69, 9.17) is 0 Å². The van der Waals surface area contributed by atoms with E-state index >= 15 is 0 Å². The van der Waals surface area contributed by atoms with Crippen molar-refractivity contribution in [2.45, 2.75) is 69.9 Å². The molecule has 0 saturated heterocycles. The number of carbonyl (C=O) groups excluding carboxylic acids is 3. The fraction of sp³-hybridized carbons (Fsp3) is 0.571. The molecule has 1 aromatic rings. The summed E-state index contributed by atoms with van der Waals surface area (Å²) in [6, 6.07) is 5.80. The Labute approximate surface area is 159 Å². The summed E-state index contributed by atoms with van der Waals surface area (Å²) in [4.78, 5) is 36.4. The van der Waals surface area contributed by atoms with Gasteiger partial charge in [-0.2, -0.15) is 0 Å². The van der Waals surface area contributed by atoms with Crippen molar-refractivity contribution in [2.75, 3.05) is 0 Å². The van der Waals surface area contributed by atoms with Gasteiger partial charge < -0.3 is 10.6 Å². The highest BCUT2D eigenvalue weighted by molar-refractivity contribution is 5.97. The molecule has 0 bridgehead atoms. The highest BCUT2D eigenvalue weighted by Crippen LogP contribution is 2.26. The first-order chi connectivity index (χ1) is 13.0. The fourth-order valence-electron chi connectivity index (χ4n) is 3.68. The van der Waals surface area contributed by atoms with Crippen LogP contribution in [0.15, 0.2) is 24.3 Å². The van der Waals surface area contributed by atoms with Gasteiger partial charge in [0.05, 0.1) is 0 Å². The molecule has 0 unspecified atom stereocenters. The van der Waals surface area contributed by atoms with Gasteiger partial charge in [-0.25, -0.2) is 4.39 Å². The summed E-state index contributed by atoms with van der Waals surface area (Å²) >= 11 is 0. The summed E-state index contributed by atoms with van der Waals surface area (Å²) < 4.78 is 12.9. The Morgan fingerprint density at radius 1 is 0.852 bits per heavy atom. The number of halogens is 1. The van der Waals surface area contributed by atoms with E-state index in [9.17, 15) is 18.8 Å². The molecule has 2 aliphatic rings. The number of Topliss-reactive ketones (excluding diaryl/α,β-unsaturated/α-hetero) is 1. The average molecular weight is 374 g/mol. The molecule has 2 amide bonds. The lowest BCUT2D eigenvalue weighted by Gasteiger charge is -2.32. The molecule has 27 heavy (non-hydrogen) atoms. The van der Waals surface area contributed by atoms with Crippen LogP contribution in [0.25, 0.3) is 0 Å². The third-order valence-electron chi connectivity index (χ3n) is 5.66. The molecular formula is C21H27FN2O3. The third-order valence-corrected chi connectivity index (χ3v) is 5.66. The zero-order chi connectivity index (χ0) is 19.2. The molecule has 0 aromatic heterocycles. The monoisotopic (exact) mass is 374 g/mol. The highest BCUT2D eigenvalue weighted by atomic mass is 19.1. The molecule has 2 N–H and O–H groups in total. The highest BCUT2D eigenvalue weighted by Gasteiger charge is 2.29. The molecule has 0 radical (unpaired) electrons. The molecule has 0 atom stereocenters. The standard InChI is InChI=1S/C21H27FN2O3/c22-16-8-4-14(5-9-16)19(25)12-13-20(26)23-18-10-6-15(7-11-18)21(27)24-17-2-1-3-17/h4-5,8-9,15,17-18H,1-3,6-7,10-13H2,(H,23,26)(H,24,27). The van der Waals surface area contributed by atoms with Crippen LogP contribution < -0.4 is 10.6 Å². The molecule has 0 spiro atoms. The van der Waals surface area contributed by atoms with Crippen molar-refractivity contribution in [1.82, 2.24) is 10.6 Å². The van der Waals surface area contributed by atoms with Crippen LogP contribution in [0.4, 0.5) is 4.39 Å². The first-order valence-corrected chi connectivity index (χ1v) is 9.90. The minimum absolute atomic E-state index is 0.0544. The maximum absolute atomic E-state index is 12.9. The van der Waals surface area contributed by atoms with E-state index in [-0.39, 0.29) is 48.2 Å². The zero-order valence-corrected chi connectivity index (χ0v) is 15.5. The van der Waals surface area contributed by atoms with E-state index in [2.05, 4.69) is 10.6 Å². The van der Waals surface area contributed by atoms with Crippen molar-refractivity contribution in [3.63, 3.8) is 0 Å². The van der Waals surface area contributed by atoms with E-state index < -0.39 is 0 Å². The van der Waals surface area contributed by atoms with Crippen molar-refractivity contribution < 1.29 is 18.8 Å². The lowest BCUT2D eigenvalue weighted by Crippen LogP contribution is -2.45. The maximum Gasteiger partial charge on any atom is 0.223 e. The summed E-state index contributed by atoms with van der Waals surface area (Å²) in [5, 5.41) is 6.08. The van der Waals surface area contributed by atoms with E-state index in [1.54, 1.807) is 0 Å². The van der Waals surface area contributed by atoms with Gasteiger partial charge in [-0.1, -0.05) is 0 Å². The Morgan fingerprint density at radius 2 is 1.48 bits per heavy atom. The van der Waals surface area contributed by atoms with Gasteiger partial charge in [0.25, 0.3) is 0 Å². The predicted octanol–water partition coefficient (Wildman–Crippen LogP) is 3.13. The van der Waals surface area contributed by atoms with Crippen LogP contribution >= 0.6 is 0 Å². The summed E-state index contributed by atoms with van der Waals surface area (Å²) in [7, 11) is 0. The van der Waals surface area contributed by atoms with E-state index in [1.807, 2.05) is 0 Å². The molecule has 1 aromatic carbocycles. The largest absolute Gasteiger partial charge is 0.353 e. The van der Waals surface area contributed by atoms with Crippen LogP contribution in [-0.2, 0) is 9.59 Å². The lowest BCUT2D eigenvalue weighted by molar-refractivity contribution is -0.127. The van der Waals surface area contributed by atoms with E-state index in [1.165, 1.54) is 30.7 Å². The number of benzene rings is 1. The van der Waals surface area contributed by atoms with Gasteiger partial charge in [0, 0.05) is 36.4 Å². The van der Waals surface area contributed by atoms with Crippen molar-refractivity contribution in [1.29, 1.82) is 0 Å². The van der Waals surface area contributed by atoms with Gasteiger partial charge in [-0.3, -0.25) is 14.4 Å². The van der Waals surface area contributed by atoms with Crippen molar-refractivity contribution in [3.05, 3.63) is 35.6 Å². The van der Waals surface area contributed by atoms with Gasteiger partial charge in [0.15, 0.2) is 5.78 Å². The van der Waals surface area contributed by atoms with Gasteiger partial charge >= 0.3 is 0 Å². The van der Waals surface area contributed by atoms with E-state index in [0.29, 0.717) is 11.6 Å². The van der Waals surface area contributed by atoms with Gasteiger partial charge in [0.2, 0.25) is 11.8 Å². The Morgan fingerprint density at radius 3 is 2.07 bits per heavy atom. The van der Waals surface area contributed by atoms with Crippen molar-refractivity contribution in [3.8, 4) is 0 Å². The molecule has 0 aliphatic heterocycles. The normalized spacial score (nSPS) is 22.6. The lowest BCUT2D eigenvalue weighted by atomic mass is 9.84. The molecule has 6 heteroatoms. The number of hydrogen-bond donors (Lipinski definition) is 2. The average Bonchev–Trinajstić information content (AvgIpc) is 2.64. The van der Waals surface area contributed by atoms with Crippen LogP contribution in [0, 0.1) is 11.7 Å². The number of amides is 2. The van der Waals surface area contributed by atoms with Crippen molar-refractivity contribution >= 4 is 17.6 Å². The number of carbonyl (C=O) groups is 3. The quantitative estimate of drug-likeness (QED) is 0.720. The Hall–Kier alpha value is -2.24. The smallest absolute Gasteiger partial charge is 0.223 e. The second-order valence-electron chi connectivity index (χ2n) is 7.68. The second kappa shape index (κ2) is 9.11. The molecular weight excluding hydrogens is 347 g/mol. The summed E-state index contributed by atoms with van der Waals surface area (Å²) in [6.45, 7) is 0. The summed E-state index contributed by atoms with van der Waals surface area (Å²) in [5.74, 6) is -0.483. The molecule has 3 rings (SSSR count). The maximum atomic E-state index is 12.9. The van der Waals surface area contributed by atoms with Crippen molar-refractivity contribution in [2.24, 2.45) is 5.92 Å². The minimum atomic E-state index is -0.388. The van der Waals surface area contributed by atoms with Crippen LogP contribution in [0.5, 0.6) is 0 Å². The number of hydrogen-bond acceptors (Lipinski definition) is 3. The van der Waals surface area contributed by atoms with Crippen LogP contribution in [-0.4, -0.2) is 29.7 Å². The second-order valence-corrected chi connectivity index (χ2v) is 7.68. The van der Waals surface area contributed by atoms with Crippen LogP contribution in [0.2, 0.25) is 0 Å². The van der Waals surface area contributed by atoms with Gasteiger partial charge in [-0.05, 0) is 69.2 Å². The third kappa shape index (κ3) is 5.62. The van der Waals surface area contributed by atoms with Crippen LogP contribution in [0.1, 0.15) is 68.1 Å². The summed E-state index contributed by atoms with van der Waals surface area (Å²) in [5.41, 5.74) is 0.419. The molecule has 2 saturated carbocycles. The van der Waals surface area contributed by atoms with Gasteiger partial charge in [-0.15, -0.1) is 0 Å². The Balaban J connectivity index is 1.34. The molecule has 0 heterocycles. The molecule has 146 valence electrons. The topological polar surface area (TPSA) is 75.3 Å². The predicted molar refractivity (Wildman–Crippen MR) is 99.6 cm³/mol. The molecule has 5 nitrogen and oxygen atoms in total. The van der Waals surface area contributed by atoms with Gasteiger partial charge in [0.1, 0.15) is 5.82 Å². The first-order valence-electron chi connectivity index (χ1n) is 9.90. The number of rotatable bonds is 7. The molecule has 2 aliphatic carbocycles. The zero-order valence-electron chi connectivity index (χ0n) is 15.5. The van der Waals surface area contributed by atoms with E-state index in [0.717, 1.165) is 38.5 Å². The Bertz CT molecular complexity index is 677. The SMILES string of the molecule is O=C(CCC(=O)c1ccc(F)cc1)NC1CCC(C(=O)NC2CCC2)CC1. The Kier molecular flexibility index (Phi) is 6.58. The minimum Gasteiger partial charge on any atom is -0.353 e. The first kappa shape index (κ1) is 19.5. The van der Waals surface area contributed by atoms with Crippen LogP contribution in [0.3, 0.4) is 0 Å². The molecule has 2 fully saturated rings. The number of nitrogens with one attached hydrogen (secondary N) is 2.